The van der Waals surface area contributed by atoms with Gasteiger partial charge in [-0.05, 0) is 6.54 Å². The lowest BCUT2D eigenvalue weighted by Gasteiger charge is -2.07. The van der Waals surface area contributed by atoms with E-state index in [1.54, 1.807) is 5.38 Å². The third-order valence-electron chi connectivity index (χ3n) is 2.38. The zero-order chi connectivity index (χ0) is 14.3. The number of amides is 2. The van der Waals surface area contributed by atoms with Gasteiger partial charge in [0.2, 0.25) is 5.91 Å². The van der Waals surface area contributed by atoms with Gasteiger partial charge < -0.3 is 16.4 Å². The van der Waals surface area contributed by atoms with E-state index in [0.29, 0.717) is 31.7 Å². The highest BCUT2D eigenvalue weighted by molar-refractivity contribution is 7.09. The van der Waals surface area contributed by atoms with Crippen molar-refractivity contribution in [3.63, 3.8) is 0 Å². The van der Waals surface area contributed by atoms with Crippen LogP contribution in [0.5, 0.6) is 0 Å². The predicted octanol–water partition coefficient (Wildman–Crippen LogP) is 0.568. The quantitative estimate of drug-likeness (QED) is 0.640. The third-order valence-corrected chi connectivity index (χ3v) is 3.29. The molecule has 0 bridgehead atoms. The smallest absolute Gasteiger partial charge is 0.270 e. The lowest BCUT2D eigenvalue weighted by molar-refractivity contribution is -0.123. The molecule has 0 saturated heterocycles. The molecule has 0 fully saturated rings. The van der Waals surface area contributed by atoms with E-state index in [2.05, 4.69) is 15.6 Å². The minimum atomic E-state index is -0.224. The van der Waals surface area contributed by atoms with Crippen molar-refractivity contribution in [3.8, 4) is 0 Å². The average Bonchev–Trinajstić information content (AvgIpc) is 2.83. The lowest BCUT2D eigenvalue weighted by Crippen LogP contribution is -2.36. The van der Waals surface area contributed by atoms with Crippen molar-refractivity contribution in [1.29, 1.82) is 0 Å². The Labute approximate surface area is 128 Å². The first-order valence-electron chi connectivity index (χ1n) is 6.25. The summed E-state index contributed by atoms with van der Waals surface area (Å²) in [7, 11) is 0. The molecule has 8 heteroatoms. The van der Waals surface area contributed by atoms with E-state index in [-0.39, 0.29) is 30.1 Å². The summed E-state index contributed by atoms with van der Waals surface area (Å²) in [4.78, 5) is 27.2. The van der Waals surface area contributed by atoms with Gasteiger partial charge in [-0.3, -0.25) is 9.59 Å². The summed E-state index contributed by atoms with van der Waals surface area (Å²) in [6.07, 6.45) is 0.683. The summed E-state index contributed by atoms with van der Waals surface area (Å²) in [5.74, 6) is -0.292. The zero-order valence-corrected chi connectivity index (χ0v) is 13.3. The molecule has 0 unspecified atom stereocenters. The molecule has 0 saturated carbocycles. The molecule has 0 atom stereocenters. The monoisotopic (exact) mass is 320 g/mol. The highest BCUT2D eigenvalue weighted by Crippen LogP contribution is 2.09. The Morgan fingerprint density at radius 2 is 2.00 bits per heavy atom. The van der Waals surface area contributed by atoms with Crippen molar-refractivity contribution in [2.75, 3.05) is 19.6 Å². The molecule has 0 radical (unpaired) electrons. The van der Waals surface area contributed by atoms with Crippen molar-refractivity contribution in [2.24, 2.45) is 11.7 Å². The normalized spacial score (nSPS) is 10.0. The Morgan fingerprint density at radius 3 is 2.60 bits per heavy atom. The lowest BCUT2D eigenvalue weighted by atomic mass is 10.2. The van der Waals surface area contributed by atoms with E-state index < -0.39 is 0 Å². The summed E-state index contributed by atoms with van der Waals surface area (Å²) in [6.45, 7) is 4.98. The maximum atomic E-state index is 11.7. The van der Waals surface area contributed by atoms with Gasteiger partial charge in [-0.2, -0.15) is 0 Å². The number of nitrogens with zero attached hydrogens (tertiary/aromatic N) is 1. The molecule has 0 aromatic carbocycles. The minimum absolute atomic E-state index is 0. The molecule has 114 valence electrons. The fraction of sp³-hybridized carbons (Fsp3) is 0.583. The van der Waals surface area contributed by atoms with Crippen LogP contribution < -0.4 is 16.4 Å². The number of thiazole rings is 1. The van der Waals surface area contributed by atoms with Crippen LogP contribution in [0, 0.1) is 5.92 Å². The summed E-state index contributed by atoms with van der Waals surface area (Å²) in [5, 5.41) is 8.01. The van der Waals surface area contributed by atoms with E-state index in [1.807, 2.05) is 13.8 Å². The van der Waals surface area contributed by atoms with Crippen LogP contribution in [0.2, 0.25) is 0 Å². The molecule has 0 aliphatic carbocycles. The van der Waals surface area contributed by atoms with Crippen LogP contribution in [0.4, 0.5) is 0 Å². The van der Waals surface area contributed by atoms with Crippen molar-refractivity contribution in [1.82, 2.24) is 15.6 Å². The number of rotatable bonds is 7. The average molecular weight is 321 g/mol. The van der Waals surface area contributed by atoms with Crippen LogP contribution in [-0.4, -0.2) is 36.4 Å². The number of carbonyl (C=O) groups is 2. The molecule has 1 aromatic rings. The number of nitrogens with two attached hydrogens (primary N) is 1. The first kappa shape index (κ1) is 18.8. The van der Waals surface area contributed by atoms with Gasteiger partial charge in [0.15, 0.2) is 0 Å². The van der Waals surface area contributed by atoms with Crippen LogP contribution in [0.1, 0.15) is 29.3 Å². The van der Waals surface area contributed by atoms with E-state index >= 15 is 0 Å². The Morgan fingerprint density at radius 1 is 1.35 bits per heavy atom. The van der Waals surface area contributed by atoms with Gasteiger partial charge in [0.1, 0.15) is 5.69 Å². The molecular formula is C12H21ClN4O2S. The summed E-state index contributed by atoms with van der Waals surface area (Å²) in [5.41, 5.74) is 5.83. The molecule has 0 spiro atoms. The number of halogens is 1. The maximum absolute atomic E-state index is 11.7. The van der Waals surface area contributed by atoms with Crippen molar-refractivity contribution < 1.29 is 9.59 Å². The Kier molecular flexibility index (Phi) is 9.11. The zero-order valence-electron chi connectivity index (χ0n) is 11.6. The van der Waals surface area contributed by atoms with Crippen LogP contribution in [0.25, 0.3) is 0 Å². The highest BCUT2D eigenvalue weighted by Gasteiger charge is 2.10. The second-order valence-electron chi connectivity index (χ2n) is 4.37. The summed E-state index contributed by atoms with van der Waals surface area (Å²) >= 11 is 1.43. The number of hydrogen-bond donors (Lipinski definition) is 3. The molecule has 0 aliphatic heterocycles. The first-order valence-corrected chi connectivity index (χ1v) is 7.13. The summed E-state index contributed by atoms with van der Waals surface area (Å²) in [6, 6.07) is 0. The standard InChI is InChI=1S/C12H20N4O2S.ClH/c1-8(2)11(17)14-5-6-15-12(18)9-7-19-10(16-9)3-4-13;/h7-8H,3-6,13H2,1-2H3,(H,14,17)(H,15,18);1H. The van der Waals surface area contributed by atoms with E-state index in [4.69, 9.17) is 5.73 Å². The maximum Gasteiger partial charge on any atom is 0.270 e. The van der Waals surface area contributed by atoms with Gasteiger partial charge in [-0.15, -0.1) is 23.7 Å². The van der Waals surface area contributed by atoms with Crippen molar-refractivity contribution in [3.05, 3.63) is 16.1 Å². The van der Waals surface area contributed by atoms with Gasteiger partial charge in [-0.1, -0.05) is 13.8 Å². The third kappa shape index (κ3) is 6.31. The fourth-order valence-corrected chi connectivity index (χ4v) is 2.10. The number of carbonyl (C=O) groups excluding carboxylic acids is 2. The topological polar surface area (TPSA) is 97.1 Å². The molecular weight excluding hydrogens is 300 g/mol. The molecule has 6 nitrogen and oxygen atoms in total. The predicted molar refractivity (Wildman–Crippen MR) is 82.3 cm³/mol. The second kappa shape index (κ2) is 9.68. The second-order valence-corrected chi connectivity index (χ2v) is 5.31. The van der Waals surface area contributed by atoms with Gasteiger partial charge in [-0.25, -0.2) is 4.98 Å². The van der Waals surface area contributed by atoms with Gasteiger partial charge in [0.05, 0.1) is 5.01 Å². The van der Waals surface area contributed by atoms with Crippen LogP contribution in [-0.2, 0) is 11.2 Å². The fourth-order valence-electron chi connectivity index (χ4n) is 1.31. The largest absolute Gasteiger partial charge is 0.354 e. The highest BCUT2D eigenvalue weighted by atomic mass is 35.5. The van der Waals surface area contributed by atoms with Crippen molar-refractivity contribution in [2.45, 2.75) is 20.3 Å². The van der Waals surface area contributed by atoms with Crippen LogP contribution in [0.3, 0.4) is 0 Å². The Bertz CT molecular complexity index is 437. The van der Waals surface area contributed by atoms with E-state index in [1.165, 1.54) is 11.3 Å². The van der Waals surface area contributed by atoms with Gasteiger partial charge in [0, 0.05) is 30.8 Å². The van der Waals surface area contributed by atoms with Gasteiger partial charge >= 0.3 is 0 Å². The number of hydrogen-bond acceptors (Lipinski definition) is 5. The Balaban J connectivity index is 0.00000361. The molecule has 1 rings (SSSR count). The van der Waals surface area contributed by atoms with Crippen molar-refractivity contribution >= 4 is 35.6 Å². The minimum Gasteiger partial charge on any atom is -0.354 e. The molecule has 1 aromatic heterocycles. The Hall–Kier alpha value is -1.18. The summed E-state index contributed by atoms with van der Waals surface area (Å²) < 4.78 is 0. The van der Waals surface area contributed by atoms with Crippen LogP contribution >= 0.6 is 23.7 Å². The first-order chi connectivity index (χ1) is 9.04. The van der Waals surface area contributed by atoms with E-state index in [9.17, 15) is 9.59 Å². The number of aromatic nitrogens is 1. The SMILES string of the molecule is CC(C)C(=O)NCCNC(=O)c1csc(CCN)n1.Cl. The molecule has 0 aliphatic rings. The van der Waals surface area contributed by atoms with Gasteiger partial charge in [0.25, 0.3) is 5.91 Å². The van der Waals surface area contributed by atoms with E-state index in [0.717, 1.165) is 5.01 Å². The molecule has 20 heavy (non-hydrogen) atoms. The molecule has 2 amide bonds. The number of nitrogens with one attached hydrogen (secondary N) is 2. The molecule has 4 N–H and O–H groups in total. The molecule has 1 heterocycles. The van der Waals surface area contributed by atoms with Crippen LogP contribution in [0.15, 0.2) is 5.38 Å².